The normalized spacial score (nSPS) is 20.9. The van der Waals surface area contributed by atoms with Crippen molar-refractivity contribution in [1.82, 2.24) is 0 Å². The molecule has 1 aliphatic heterocycles. The Balaban J connectivity index is 2.40. The number of benzene rings is 1. The Kier molecular flexibility index (Phi) is 3.61. The van der Waals surface area contributed by atoms with Gasteiger partial charge in [-0.3, -0.25) is 9.59 Å². The maximum Gasteiger partial charge on any atom is 0.327 e. The van der Waals surface area contributed by atoms with Gasteiger partial charge in [-0.2, -0.15) is 0 Å². The highest BCUT2D eigenvalue weighted by molar-refractivity contribution is 5.89. The minimum Gasteiger partial charge on any atom is -0.481 e. The van der Waals surface area contributed by atoms with Crippen molar-refractivity contribution in [3.05, 3.63) is 42.0 Å². The van der Waals surface area contributed by atoms with E-state index in [-0.39, 0.29) is 6.61 Å². The van der Waals surface area contributed by atoms with E-state index in [1.165, 1.54) is 0 Å². The predicted octanol–water partition coefficient (Wildman–Crippen LogP) is 0.855. The maximum absolute atomic E-state index is 11.4. The van der Waals surface area contributed by atoms with Crippen LogP contribution in [0.3, 0.4) is 0 Å². The monoisotopic (exact) mass is 277 g/mol. The van der Waals surface area contributed by atoms with Crippen molar-refractivity contribution in [3.63, 3.8) is 0 Å². The van der Waals surface area contributed by atoms with Gasteiger partial charge in [-0.15, -0.1) is 0 Å². The molecule has 0 radical (unpaired) electrons. The van der Waals surface area contributed by atoms with E-state index >= 15 is 0 Å². The van der Waals surface area contributed by atoms with Gasteiger partial charge >= 0.3 is 11.9 Å². The SMILES string of the molecule is C=C1c2ccccc2CO[C@@H]1C(N)(CC(=O)O)C(=O)O. The van der Waals surface area contributed by atoms with Crippen LogP contribution in [-0.2, 0) is 20.9 Å². The van der Waals surface area contributed by atoms with Gasteiger partial charge in [0, 0.05) is 0 Å². The third-order valence-corrected chi connectivity index (χ3v) is 3.40. The highest BCUT2D eigenvalue weighted by atomic mass is 16.5. The standard InChI is InChI=1S/C14H15NO5/c1-8-10-5-3-2-4-9(10)7-20-12(8)14(15,13(18)19)6-11(16)17/h2-5,12H,1,6-7,15H2,(H,16,17)(H,18,19)/t12-,14?/m0/s1. The van der Waals surface area contributed by atoms with Crippen LogP contribution in [0.25, 0.3) is 5.57 Å². The number of hydrogen-bond acceptors (Lipinski definition) is 4. The summed E-state index contributed by atoms with van der Waals surface area (Å²) in [5.74, 6) is -2.73. The van der Waals surface area contributed by atoms with Crippen LogP contribution < -0.4 is 5.73 Å². The molecule has 20 heavy (non-hydrogen) atoms. The summed E-state index contributed by atoms with van der Waals surface area (Å²) in [6.45, 7) is 4.00. The summed E-state index contributed by atoms with van der Waals surface area (Å²) in [6.07, 6.45) is -1.82. The zero-order valence-electron chi connectivity index (χ0n) is 10.7. The molecular weight excluding hydrogens is 262 g/mol. The molecule has 1 aromatic carbocycles. The molecule has 0 aromatic heterocycles. The fraction of sp³-hybridized carbons (Fsp3) is 0.286. The molecule has 4 N–H and O–H groups in total. The molecule has 6 heteroatoms. The first-order valence-electron chi connectivity index (χ1n) is 5.99. The third-order valence-electron chi connectivity index (χ3n) is 3.40. The zero-order valence-corrected chi connectivity index (χ0v) is 10.7. The number of nitrogens with two attached hydrogens (primary N) is 1. The Morgan fingerprint density at radius 1 is 1.40 bits per heavy atom. The molecule has 106 valence electrons. The fourth-order valence-electron chi connectivity index (χ4n) is 2.36. The molecule has 0 aliphatic carbocycles. The lowest BCUT2D eigenvalue weighted by Crippen LogP contribution is -2.60. The minimum absolute atomic E-state index is 0.172. The number of carboxylic acid groups (broad SMARTS) is 2. The van der Waals surface area contributed by atoms with Gasteiger partial charge in [0.2, 0.25) is 0 Å². The number of carbonyl (C=O) groups is 2. The van der Waals surface area contributed by atoms with Crippen molar-refractivity contribution in [3.8, 4) is 0 Å². The van der Waals surface area contributed by atoms with E-state index < -0.39 is 30.0 Å². The van der Waals surface area contributed by atoms with Gasteiger partial charge in [-0.05, 0) is 16.7 Å². The van der Waals surface area contributed by atoms with E-state index in [2.05, 4.69) is 6.58 Å². The zero-order chi connectivity index (χ0) is 14.9. The van der Waals surface area contributed by atoms with Gasteiger partial charge < -0.3 is 20.7 Å². The quantitative estimate of drug-likeness (QED) is 0.752. The van der Waals surface area contributed by atoms with Crippen LogP contribution in [-0.4, -0.2) is 33.8 Å². The largest absolute Gasteiger partial charge is 0.481 e. The minimum atomic E-state index is -2.05. The van der Waals surface area contributed by atoms with Gasteiger partial charge in [0.15, 0.2) is 5.54 Å². The molecule has 2 atom stereocenters. The summed E-state index contributed by atoms with van der Waals surface area (Å²) in [7, 11) is 0. The third kappa shape index (κ3) is 2.31. The molecule has 0 saturated heterocycles. The fourth-order valence-corrected chi connectivity index (χ4v) is 2.36. The second-order valence-electron chi connectivity index (χ2n) is 4.79. The van der Waals surface area contributed by atoms with Crippen molar-refractivity contribution in [1.29, 1.82) is 0 Å². The lowest BCUT2D eigenvalue weighted by Gasteiger charge is -2.37. The number of hydrogen-bond donors (Lipinski definition) is 3. The Morgan fingerprint density at radius 3 is 2.65 bits per heavy atom. The topological polar surface area (TPSA) is 110 Å². The average Bonchev–Trinajstić information content (AvgIpc) is 2.38. The summed E-state index contributed by atoms with van der Waals surface area (Å²) in [5.41, 5.74) is 5.77. The van der Waals surface area contributed by atoms with Crippen LogP contribution >= 0.6 is 0 Å². The van der Waals surface area contributed by atoms with Gasteiger partial charge in [-0.1, -0.05) is 30.8 Å². The number of rotatable bonds is 4. The van der Waals surface area contributed by atoms with Crippen molar-refractivity contribution < 1.29 is 24.5 Å². The number of ether oxygens (including phenoxy) is 1. The summed E-state index contributed by atoms with van der Waals surface area (Å²) in [6, 6.07) is 7.26. The second kappa shape index (κ2) is 5.07. The van der Waals surface area contributed by atoms with E-state index in [0.717, 1.165) is 11.1 Å². The summed E-state index contributed by atoms with van der Waals surface area (Å²) < 4.78 is 5.48. The molecule has 0 amide bonds. The molecule has 0 fully saturated rings. The van der Waals surface area contributed by atoms with Gasteiger partial charge in [0.1, 0.15) is 6.10 Å². The summed E-state index contributed by atoms with van der Waals surface area (Å²) >= 11 is 0. The summed E-state index contributed by atoms with van der Waals surface area (Å²) in [5, 5.41) is 18.2. The molecule has 0 bridgehead atoms. The van der Waals surface area contributed by atoms with Crippen molar-refractivity contribution >= 4 is 17.5 Å². The second-order valence-corrected chi connectivity index (χ2v) is 4.79. The highest BCUT2D eigenvalue weighted by Gasteiger charge is 2.48. The maximum atomic E-state index is 11.4. The van der Waals surface area contributed by atoms with Crippen molar-refractivity contribution in [2.24, 2.45) is 5.73 Å². The molecule has 0 spiro atoms. The Bertz CT molecular complexity index is 583. The lowest BCUT2D eigenvalue weighted by atomic mass is 9.81. The Hall–Kier alpha value is -2.18. The van der Waals surface area contributed by atoms with Crippen LogP contribution in [0.15, 0.2) is 30.8 Å². The first-order valence-corrected chi connectivity index (χ1v) is 5.99. The molecule has 1 aliphatic rings. The van der Waals surface area contributed by atoms with Crippen molar-refractivity contribution in [2.45, 2.75) is 24.7 Å². The average molecular weight is 277 g/mol. The molecule has 6 nitrogen and oxygen atoms in total. The number of fused-ring (bicyclic) bond motifs is 1. The molecule has 0 saturated carbocycles. The van der Waals surface area contributed by atoms with Crippen LogP contribution in [0.1, 0.15) is 17.5 Å². The van der Waals surface area contributed by atoms with Crippen molar-refractivity contribution in [2.75, 3.05) is 0 Å². The lowest BCUT2D eigenvalue weighted by molar-refractivity contribution is -0.155. The number of carboxylic acids is 2. The van der Waals surface area contributed by atoms with E-state index in [4.69, 9.17) is 15.6 Å². The van der Waals surface area contributed by atoms with Crippen LogP contribution in [0.5, 0.6) is 0 Å². The van der Waals surface area contributed by atoms with Crippen LogP contribution in [0.4, 0.5) is 0 Å². The van der Waals surface area contributed by atoms with E-state index in [1.54, 1.807) is 12.1 Å². The van der Waals surface area contributed by atoms with Crippen LogP contribution in [0, 0.1) is 0 Å². The Labute approximate surface area is 115 Å². The molecule has 1 aromatic rings. The first kappa shape index (κ1) is 14.2. The molecular formula is C14H15NO5. The van der Waals surface area contributed by atoms with Gasteiger partial charge in [-0.25, -0.2) is 0 Å². The van der Waals surface area contributed by atoms with Gasteiger partial charge in [0.05, 0.1) is 13.0 Å². The summed E-state index contributed by atoms with van der Waals surface area (Å²) in [4.78, 5) is 22.3. The Morgan fingerprint density at radius 2 is 2.05 bits per heavy atom. The van der Waals surface area contributed by atoms with E-state index in [1.807, 2.05) is 12.1 Å². The number of aliphatic carboxylic acids is 2. The predicted molar refractivity (Wildman–Crippen MR) is 70.9 cm³/mol. The smallest absolute Gasteiger partial charge is 0.327 e. The molecule has 1 unspecified atom stereocenters. The highest BCUT2D eigenvalue weighted by Crippen LogP contribution is 2.35. The van der Waals surface area contributed by atoms with Crippen LogP contribution in [0.2, 0.25) is 0 Å². The molecule has 1 heterocycles. The first-order chi connectivity index (χ1) is 9.36. The van der Waals surface area contributed by atoms with E-state index in [0.29, 0.717) is 5.57 Å². The van der Waals surface area contributed by atoms with Gasteiger partial charge in [0.25, 0.3) is 0 Å². The van der Waals surface area contributed by atoms with E-state index in [9.17, 15) is 14.7 Å². The molecule has 2 rings (SSSR count).